The van der Waals surface area contributed by atoms with Crippen LogP contribution in [0.15, 0.2) is 37.2 Å². The van der Waals surface area contributed by atoms with Crippen LogP contribution in [0, 0.1) is 62.3 Å². The van der Waals surface area contributed by atoms with Crippen LogP contribution < -0.4 is 62.8 Å². The van der Waals surface area contributed by atoms with Gasteiger partial charge in [0.25, 0.3) is 0 Å². The molecule has 12 rings (SSSR count). The van der Waals surface area contributed by atoms with E-state index in [0.29, 0.717) is 140 Å². The van der Waals surface area contributed by atoms with E-state index in [4.69, 9.17) is 62.8 Å². The number of anilines is 6. The second-order valence-electron chi connectivity index (χ2n) is 25.2. The van der Waals surface area contributed by atoms with Gasteiger partial charge in [-0.1, -0.05) is 135 Å². The maximum Gasteiger partial charge on any atom is 0.234 e. The highest BCUT2D eigenvalue weighted by Gasteiger charge is 2.23. The predicted octanol–water partition coefficient (Wildman–Crippen LogP) is 17.9. The van der Waals surface area contributed by atoms with Gasteiger partial charge in [-0.25, -0.2) is 89.7 Å². The fourth-order valence-electron chi connectivity index (χ4n) is 9.16. The van der Waals surface area contributed by atoms with Gasteiger partial charge in [0.05, 0.1) is 99.8 Å². The molecular formula is C73H98N24O6S6. The van der Waals surface area contributed by atoms with Gasteiger partial charge in [0.15, 0.2) is 69.4 Å². The van der Waals surface area contributed by atoms with Crippen molar-refractivity contribution in [3.63, 3.8) is 0 Å². The van der Waals surface area contributed by atoms with Crippen molar-refractivity contribution in [3.8, 4) is 66.5 Å². The summed E-state index contributed by atoms with van der Waals surface area (Å²) in [5, 5.41) is 9.21. The molecule has 582 valence electrons. The van der Waals surface area contributed by atoms with Gasteiger partial charge >= 0.3 is 0 Å². The summed E-state index contributed by atoms with van der Waals surface area (Å²) >= 11 is 9.42. The fourth-order valence-corrected chi connectivity index (χ4v) is 14.7. The number of hydrogen-bond acceptors (Lipinski definition) is 36. The number of thiazole rings is 6. The van der Waals surface area contributed by atoms with Gasteiger partial charge in [-0.15, -0.1) is 22.7 Å². The average molecular weight is 1600 g/mol. The van der Waals surface area contributed by atoms with Crippen LogP contribution in [0.3, 0.4) is 0 Å². The Morgan fingerprint density at radius 2 is 0.550 bits per heavy atom. The molecule has 0 aliphatic carbocycles. The van der Waals surface area contributed by atoms with E-state index < -0.39 is 0 Å². The second-order valence-corrected chi connectivity index (χ2v) is 31.9. The van der Waals surface area contributed by atoms with E-state index >= 15 is 0 Å². The van der Waals surface area contributed by atoms with Crippen LogP contribution in [0.5, 0.6) is 66.5 Å². The molecule has 109 heavy (non-hydrogen) atoms. The summed E-state index contributed by atoms with van der Waals surface area (Å²) in [5.74, 6) is 11.3. The quantitative estimate of drug-likeness (QED) is 0.0389. The van der Waals surface area contributed by atoms with E-state index in [2.05, 4.69) is 173 Å². The van der Waals surface area contributed by atoms with Gasteiger partial charge in [-0.05, 0) is 106 Å². The van der Waals surface area contributed by atoms with E-state index in [-0.39, 0.29) is 0 Å². The lowest BCUT2D eigenvalue weighted by atomic mass is 10.1. The zero-order chi connectivity index (χ0) is 80.1. The maximum atomic E-state index is 5.85. The molecule has 12 aromatic heterocycles. The number of rotatable bonds is 21. The topological polar surface area (TPSA) is 444 Å². The van der Waals surface area contributed by atoms with Crippen LogP contribution in [-0.2, 0) is 32.1 Å². The summed E-state index contributed by atoms with van der Waals surface area (Å²) in [6, 6.07) is 0. The van der Waals surface area contributed by atoms with Crippen LogP contribution in [0.1, 0.15) is 211 Å². The first-order chi connectivity index (χ1) is 51.7. The highest BCUT2D eigenvalue weighted by Crippen LogP contribution is 2.42. The summed E-state index contributed by atoms with van der Waals surface area (Å²) in [4.78, 5) is 78.0. The summed E-state index contributed by atoms with van der Waals surface area (Å²) in [6.07, 6.45) is 13.9. The van der Waals surface area contributed by atoms with Gasteiger partial charge in [0.1, 0.15) is 34.9 Å². The lowest BCUT2D eigenvalue weighted by molar-refractivity contribution is 0.454. The summed E-state index contributed by atoms with van der Waals surface area (Å²) in [6.45, 7) is 43.7. The third-order valence-electron chi connectivity index (χ3n) is 14.6. The number of hydrogen-bond donors (Lipinski definition) is 6. The minimum absolute atomic E-state index is 0.303. The Bertz CT molecular complexity index is 4750. The SMILES string of the molecule is CCc1nc(C(C)C)c(Oc2cnc(C)nc2N)s1.CCc1nc(C)sc1Oc1cnc(C)nc1N.CCc1nc(CC)c(Oc2cnc(C)nc2N)s1.CCc1nc(Oc2cnc(C)nc2N)c(C(C)C)s1.Cc1ncc(Oc2nc(C)sc2C(C)C)c(N)n1.Cc1ncc(Oc2sc(C)nc2C(C)C)c(N)n1. The Morgan fingerprint density at radius 1 is 0.275 bits per heavy atom. The second kappa shape index (κ2) is 40.3. The van der Waals surface area contributed by atoms with E-state index in [1.165, 1.54) is 22.7 Å². The first-order valence-electron chi connectivity index (χ1n) is 35.2. The molecule has 0 aliphatic heterocycles. The molecule has 0 saturated carbocycles. The van der Waals surface area contributed by atoms with Gasteiger partial charge in [-0.2, -0.15) is 0 Å². The highest BCUT2D eigenvalue weighted by molar-refractivity contribution is 7.14. The molecular weight excluding hydrogens is 1500 g/mol. The molecule has 0 amide bonds. The number of nitrogens with two attached hydrogens (primary N) is 6. The van der Waals surface area contributed by atoms with Crippen LogP contribution >= 0.6 is 68.0 Å². The molecule has 0 unspecified atom stereocenters. The van der Waals surface area contributed by atoms with Gasteiger partial charge in [-0.3, -0.25) is 0 Å². The normalized spacial score (nSPS) is 10.8. The number of ether oxygens (including phenoxy) is 6. The van der Waals surface area contributed by atoms with E-state index in [0.717, 1.165) is 115 Å². The zero-order valence-corrected chi connectivity index (χ0v) is 70.6. The number of nitrogens with zero attached hydrogens (tertiary/aromatic N) is 18. The van der Waals surface area contributed by atoms with Crippen molar-refractivity contribution in [1.29, 1.82) is 0 Å². The predicted molar refractivity (Wildman–Crippen MR) is 438 cm³/mol. The lowest BCUT2D eigenvalue weighted by Gasteiger charge is -2.08. The minimum atomic E-state index is 0.303. The van der Waals surface area contributed by atoms with Crippen molar-refractivity contribution in [2.45, 2.75) is 208 Å². The fraction of sp³-hybridized carbons (Fsp3) is 0.425. The molecule has 0 aromatic carbocycles. The van der Waals surface area contributed by atoms with Crippen molar-refractivity contribution in [2.24, 2.45) is 0 Å². The molecule has 0 aliphatic rings. The molecule has 36 heteroatoms. The minimum Gasteiger partial charge on any atom is -0.439 e. The Hall–Kier alpha value is -10.1. The lowest BCUT2D eigenvalue weighted by Crippen LogP contribution is -2.00. The third-order valence-corrected chi connectivity index (χ3v) is 21.3. The highest BCUT2D eigenvalue weighted by atomic mass is 32.1. The largest absolute Gasteiger partial charge is 0.439 e. The molecule has 0 spiro atoms. The molecule has 0 radical (unpaired) electrons. The number of aryl methyl sites for hydroxylation is 14. The van der Waals surface area contributed by atoms with Gasteiger partial charge in [0, 0.05) is 11.8 Å². The Balaban J connectivity index is 0.000000182. The summed E-state index contributed by atoms with van der Waals surface area (Å²) in [5.41, 5.74) is 38.7. The molecule has 0 atom stereocenters. The number of aromatic nitrogens is 18. The van der Waals surface area contributed by atoms with E-state index in [9.17, 15) is 0 Å². The van der Waals surface area contributed by atoms with E-state index in [1.54, 1.807) is 124 Å². The Kier molecular flexibility index (Phi) is 31.9. The maximum absolute atomic E-state index is 5.85. The van der Waals surface area contributed by atoms with Crippen LogP contribution in [0.2, 0.25) is 0 Å². The molecule has 0 fully saturated rings. The Morgan fingerprint density at radius 3 is 0.908 bits per heavy atom. The smallest absolute Gasteiger partial charge is 0.234 e. The van der Waals surface area contributed by atoms with Crippen LogP contribution in [-0.4, -0.2) is 89.7 Å². The average Bonchev–Trinajstić information content (AvgIpc) is 1.70. The van der Waals surface area contributed by atoms with Crippen LogP contribution in [0.25, 0.3) is 0 Å². The molecule has 30 nitrogen and oxygen atoms in total. The van der Waals surface area contributed by atoms with Gasteiger partial charge in [0.2, 0.25) is 32.0 Å². The summed E-state index contributed by atoms with van der Waals surface area (Å²) in [7, 11) is 0. The van der Waals surface area contributed by atoms with Crippen molar-refractivity contribution >= 4 is 103 Å². The van der Waals surface area contributed by atoms with Crippen molar-refractivity contribution in [2.75, 3.05) is 34.4 Å². The molecule has 12 heterocycles. The van der Waals surface area contributed by atoms with Crippen LogP contribution in [0.4, 0.5) is 34.9 Å². The molecule has 12 N–H and O–H groups in total. The van der Waals surface area contributed by atoms with Crippen molar-refractivity contribution in [3.05, 3.63) is 135 Å². The molecule has 12 aromatic rings. The van der Waals surface area contributed by atoms with Crippen molar-refractivity contribution in [1.82, 2.24) is 89.7 Å². The van der Waals surface area contributed by atoms with E-state index in [1.807, 2.05) is 27.7 Å². The zero-order valence-electron chi connectivity index (χ0n) is 65.7. The standard InChI is InChI=1S/2C13H18N4OS.3C12H16N4OS.C11H14N4OS/c1-5-10-17-13(11(19-10)7(2)3)18-9-6-15-8(4)16-12(9)14;1-5-10-17-11(7(2)3)13(19-10)18-9-6-15-8(4)16-12(9)14;1-6(2)10-12(16-8(4)18-10)17-9-5-14-7(3)15-11(9)13;1-6(2)10-12(18-8(4)16-10)17-9-5-14-7(3)15-11(9)13;1-4-8-12(18-10(5-2)16-8)17-9-6-14-7(3)15-11(9)13;1-4-8-11(17-7(3)15-8)16-9-5-13-6(2)14-10(9)12/h2*6-7H,5H2,1-4H3,(H2,14,15,16);2*5-6H,1-4H3,(H2,13,14,15);6H,4-5H2,1-3H3,(H2,13,14,15);5H,4H2,1-3H3,(H2,12,13,14). The number of nitrogen functional groups attached to an aromatic ring is 6. The molecule has 0 bridgehead atoms. The summed E-state index contributed by atoms with van der Waals surface area (Å²) < 4.78 is 34.6. The van der Waals surface area contributed by atoms with Gasteiger partial charge < -0.3 is 62.8 Å². The first kappa shape index (κ1) is 86.1. The Labute approximate surface area is 660 Å². The third kappa shape index (κ3) is 24.9. The first-order valence-corrected chi connectivity index (χ1v) is 40.1. The molecule has 0 saturated heterocycles. The van der Waals surface area contributed by atoms with Crippen molar-refractivity contribution < 1.29 is 28.4 Å². The monoisotopic (exact) mass is 1600 g/mol.